The molecular weight excluding hydrogens is 166 g/mol. The molecule has 70 valence electrons. The van der Waals surface area contributed by atoms with Crippen molar-refractivity contribution in [1.29, 1.82) is 0 Å². The fourth-order valence-electron chi connectivity index (χ4n) is 1.44. The summed E-state index contributed by atoms with van der Waals surface area (Å²) in [5, 5.41) is 0. The second-order valence-electron chi connectivity index (χ2n) is 2.99. The van der Waals surface area contributed by atoms with Gasteiger partial charge in [0.05, 0.1) is 12.1 Å². The van der Waals surface area contributed by atoms with E-state index in [1.807, 2.05) is 6.92 Å². The normalized spacial score (nSPS) is 24.1. The first-order valence-corrected chi connectivity index (χ1v) is 4.24. The van der Waals surface area contributed by atoms with Crippen LogP contribution in [0.5, 0.6) is 0 Å². The van der Waals surface area contributed by atoms with Crippen molar-refractivity contribution in [2.24, 2.45) is 10.7 Å². The maximum atomic E-state index is 11.3. The number of hydrogen-bond acceptors (Lipinski definition) is 2. The molecule has 1 rings (SSSR count). The molecule has 0 fully saturated rings. The summed E-state index contributed by atoms with van der Waals surface area (Å²) in [4.78, 5) is 16.5. The molecule has 0 aromatic rings. The van der Waals surface area contributed by atoms with Crippen LogP contribution in [0.15, 0.2) is 4.99 Å². The van der Waals surface area contributed by atoms with Crippen LogP contribution in [0.2, 0.25) is 0 Å². The van der Waals surface area contributed by atoms with E-state index in [0.717, 1.165) is 6.42 Å². The molecule has 0 radical (unpaired) electrons. The highest BCUT2D eigenvalue weighted by Gasteiger charge is 2.34. The fraction of sp³-hybridized carbons (Fsp3) is 0.556. The van der Waals surface area contributed by atoms with Crippen molar-refractivity contribution >= 4 is 11.9 Å². The largest absolute Gasteiger partial charge is 0.385 e. The number of urea groups is 1. The Bertz CT molecular complexity index is 290. The average Bonchev–Trinajstić information content (AvgIpc) is 2.39. The Morgan fingerprint density at radius 1 is 1.85 bits per heavy atom. The van der Waals surface area contributed by atoms with E-state index < -0.39 is 0 Å². The summed E-state index contributed by atoms with van der Waals surface area (Å²) in [6.45, 7) is 3.73. The lowest BCUT2D eigenvalue weighted by molar-refractivity contribution is 0.197. The Morgan fingerprint density at radius 2 is 2.46 bits per heavy atom. The van der Waals surface area contributed by atoms with Crippen LogP contribution in [-0.2, 0) is 0 Å². The van der Waals surface area contributed by atoms with Crippen molar-refractivity contribution in [3.8, 4) is 12.3 Å². The van der Waals surface area contributed by atoms with E-state index in [4.69, 9.17) is 12.2 Å². The van der Waals surface area contributed by atoms with Gasteiger partial charge in [-0.25, -0.2) is 4.79 Å². The number of hydrogen-bond donors (Lipinski definition) is 1. The van der Waals surface area contributed by atoms with E-state index in [1.165, 1.54) is 4.90 Å². The van der Waals surface area contributed by atoms with Crippen molar-refractivity contribution in [3.05, 3.63) is 0 Å². The molecule has 4 heteroatoms. The summed E-state index contributed by atoms with van der Waals surface area (Å²) in [5.41, 5.74) is 5.58. The molecule has 0 bridgehead atoms. The lowest BCUT2D eigenvalue weighted by Gasteiger charge is -2.25. The third-order valence-electron chi connectivity index (χ3n) is 2.17. The molecule has 0 aromatic heterocycles. The molecule has 0 spiro atoms. The highest BCUT2D eigenvalue weighted by atomic mass is 16.2. The van der Waals surface area contributed by atoms with Crippen LogP contribution in [0.1, 0.15) is 20.3 Å². The number of nitrogens with two attached hydrogens (primary N) is 1. The van der Waals surface area contributed by atoms with Crippen molar-refractivity contribution in [2.75, 3.05) is 0 Å². The summed E-state index contributed by atoms with van der Waals surface area (Å²) in [7, 11) is 0. The van der Waals surface area contributed by atoms with Crippen molar-refractivity contribution in [2.45, 2.75) is 32.4 Å². The Balaban J connectivity index is 2.88. The third-order valence-corrected chi connectivity index (χ3v) is 2.17. The molecule has 1 heterocycles. The molecule has 4 nitrogen and oxygen atoms in total. The summed E-state index contributed by atoms with van der Waals surface area (Å²) >= 11 is 0. The van der Waals surface area contributed by atoms with Gasteiger partial charge in [0, 0.05) is 0 Å². The number of carbonyl (C=O) groups is 1. The Hall–Kier alpha value is -1.50. The van der Waals surface area contributed by atoms with E-state index >= 15 is 0 Å². The van der Waals surface area contributed by atoms with Gasteiger partial charge < -0.3 is 5.73 Å². The van der Waals surface area contributed by atoms with Crippen LogP contribution < -0.4 is 5.73 Å². The number of nitrogens with zero attached hydrogens (tertiary/aromatic N) is 2. The van der Waals surface area contributed by atoms with Gasteiger partial charge >= 0.3 is 6.03 Å². The van der Waals surface area contributed by atoms with E-state index in [1.54, 1.807) is 6.92 Å². The molecule has 0 aromatic carbocycles. The predicted octanol–water partition coefficient (Wildman–Crippen LogP) is 0.580. The lowest BCUT2D eigenvalue weighted by atomic mass is 10.1. The van der Waals surface area contributed by atoms with E-state index in [-0.39, 0.29) is 18.1 Å². The molecule has 0 aliphatic carbocycles. The maximum absolute atomic E-state index is 11.3. The summed E-state index contributed by atoms with van der Waals surface area (Å²) in [6.07, 6.45) is 5.98. The second kappa shape index (κ2) is 3.48. The number of carbonyl (C=O) groups excluding carboxylic acids is 1. The van der Waals surface area contributed by atoms with Gasteiger partial charge in [0.2, 0.25) is 0 Å². The minimum absolute atomic E-state index is 0.126. The van der Waals surface area contributed by atoms with Crippen LogP contribution in [0.25, 0.3) is 0 Å². The molecule has 0 saturated heterocycles. The third kappa shape index (κ3) is 1.50. The van der Waals surface area contributed by atoms with Gasteiger partial charge in [-0.05, 0) is 13.3 Å². The van der Waals surface area contributed by atoms with E-state index in [2.05, 4.69) is 10.9 Å². The number of aliphatic imine (C=N–C) groups is 1. The molecule has 0 saturated carbocycles. The standard InChI is InChI=1S/C9H13N3O/c1-4-6(3)12-7(5-2)8(10)11-9(12)13/h1,6-7H,5H2,2-3H3,(H2,10,11,13). The highest BCUT2D eigenvalue weighted by Crippen LogP contribution is 2.16. The summed E-state index contributed by atoms with van der Waals surface area (Å²) < 4.78 is 0. The second-order valence-corrected chi connectivity index (χ2v) is 2.99. The van der Waals surface area contributed by atoms with Crippen molar-refractivity contribution < 1.29 is 4.79 Å². The topological polar surface area (TPSA) is 58.7 Å². The highest BCUT2D eigenvalue weighted by molar-refractivity contribution is 6.03. The number of terminal acetylenes is 1. The van der Waals surface area contributed by atoms with Crippen LogP contribution in [0, 0.1) is 12.3 Å². The zero-order valence-electron chi connectivity index (χ0n) is 7.82. The lowest BCUT2D eigenvalue weighted by Crippen LogP contribution is -2.44. The van der Waals surface area contributed by atoms with Gasteiger partial charge in [-0.15, -0.1) is 6.42 Å². The number of rotatable bonds is 2. The van der Waals surface area contributed by atoms with Crippen molar-refractivity contribution in [3.63, 3.8) is 0 Å². The van der Waals surface area contributed by atoms with Crippen LogP contribution in [0.3, 0.4) is 0 Å². The molecule has 2 atom stereocenters. The minimum atomic E-state index is -0.324. The molecule has 2 N–H and O–H groups in total. The van der Waals surface area contributed by atoms with E-state index in [0.29, 0.717) is 5.84 Å². The Kier molecular flexibility index (Phi) is 2.57. The minimum Gasteiger partial charge on any atom is -0.385 e. The first-order chi connectivity index (χ1) is 6.11. The van der Waals surface area contributed by atoms with Crippen LogP contribution in [-0.4, -0.2) is 28.9 Å². The summed E-state index contributed by atoms with van der Waals surface area (Å²) in [5.74, 6) is 2.87. The van der Waals surface area contributed by atoms with Gasteiger partial charge in [0.15, 0.2) is 0 Å². The quantitative estimate of drug-likeness (QED) is 0.630. The van der Waals surface area contributed by atoms with E-state index in [9.17, 15) is 4.79 Å². The molecule has 2 amide bonds. The first-order valence-electron chi connectivity index (χ1n) is 4.24. The van der Waals surface area contributed by atoms with Gasteiger partial charge in [-0.1, -0.05) is 12.8 Å². The molecule has 1 aliphatic heterocycles. The predicted molar refractivity (Wildman–Crippen MR) is 51.2 cm³/mol. The van der Waals surface area contributed by atoms with Crippen LogP contribution in [0.4, 0.5) is 4.79 Å². The fourth-order valence-corrected chi connectivity index (χ4v) is 1.44. The smallest absolute Gasteiger partial charge is 0.346 e. The van der Waals surface area contributed by atoms with Gasteiger partial charge in [0.1, 0.15) is 5.84 Å². The molecule has 1 aliphatic rings. The first kappa shape index (κ1) is 9.59. The SMILES string of the molecule is C#CC(C)N1C(=O)N=C(N)C1CC. The van der Waals surface area contributed by atoms with Crippen molar-refractivity contribution in [1.82, 2.24) is 4.90 Å². The Morgan fingerprint density at radius 3 is 2.92 bits per heavy atom. The molecule has 2 unspecified atom stereocenters. The van der Waals surface area contributed by atoms with Gasteiger partial charge in [-0.3, -0.25) is 4.90 Å². The molecule has 13 heavy (non-hydrogen) atoms. The van der Waals surface area contributed by atoms with Gasteiger partial charge in [0.25, 0.3) is 0 Å². The monoisotopic (exact) mass is 179 g/mol. The number of amidine groups is 1. The Labute approximate surface area is 77.8 Å². The molecular formula is C9H13N3O. The van der Waals surface area contributed by atoms with Gasteiger partial charge in [-0.2, -0.15) is 4.99 Å². The maximum Gasteiger partial charge on any atom is 0.346 e. The zero-order valence-corrected chi connectivity index (χ0v) is 7.82. The van der Waals surface area contributed by atoms with Crippen LogP contribution >= 0.6 is 0 Å². The average molecular weight is 179 g/mol. The zero-order chi connectivity index (χ0) is 10.0. The summed E-state index contributed by atoms with van der Waals surface area (Å²) in [6, 6.07) is -0.699. The number of amides is 2.